The zero-order chi connectivity index (χ0) is 24.3. The van der Waals surface area contributed by atoms with Gasteiger partial charge < -0.3 is 14.4 Å². The van der Waals surface area contributed by atoms with Crippen LogP contribution in [0.4, 0.5) is 10.8 Å². The molecule has 1 aromatic heterocycles. The predicted octanol–water partition coefficient (Wildman–Crippen LogP) is 4.10. The zero-order valence-electron chi connectivity index (χ0n) is 18.8. The van der Waals surface area contributed by atoms with Crippen LogP contribution in [0.25, 0.3) is 0 Å². The van der Waals surface area contributed by atoms with Crippen molar-refractivity contribution >= 4 is 32.0 Å². The van der Waals surface area contributed by atoms with Crippen molar-refractivity contribution in [2.45, 2.75) is 29.4 Å². The van der Waals surface area contributed by atoms with Gasteiger partial charge >= 0.3 is 0 Å². The minimum absolute atomic E-state index is 0.00612. The SMILES string of the molecule is COc1ccc(Cc2csc(N3CCC(S(=O)(=O)c4cccc([N+](=O)[O-])c4)CC3)n2)cc1OC. The molecule has 2 heterocycles. The summed E-state index contributed by atoms with van der Waals surface area (Å²) < 4.78 is 36.7. The molecule has 0 bridgehead atoms. The van der Waals surface area contributed by atoms with E-state index >= 15 is 0 Å². The summed E-state index contributed by atoms with van der Waals surface area (Å²) in [5.41, 5.74) is 1.76. The summed E-state index contributed by atoms with van der Waals surface area (Å²) in [6.07, 6.45) is 1.53. The first-order valence-corrected chi connectivity index (χ1v) is 13.1. The second-order valence-corrected chi connectivity index (χ2v) is 11.0. The monoisotopic (exact) mass is 503 g/mol. The van der Waals surface area contributed by atoms with E-state index in [1.54, 1.807) is 14.2 Å². The molecular weight excluding hydrogens is 478 g/mol. The molecule has 1 aliphatic rings. The number of ether oxygens (including phenoxy) is 2. The second-order valence-electron chi connectivity index (χ2n) is 7.97. The molecule has 0 unspecified atom stereocenters. The quantitative estimate of drug-likeness (QED) is 0.334. The van der Waals surface area contributed by atoms with Crippen molar-refractivity contribution in [2.75, 3.05) is 32.2 Å². The van der Waals surface area contributed by atoms with Gasteiger partial charge in [-0.2, -0.15) is 0 Å². The van der Waals surface area contributed by atoms with Crippen LogP contribution >= 0.6 is 11.3 Å². The lowest BCUT2D eigenvalue weighted by Crippen LogP contribution is -2.39. The van der Waals surface area contributed by atoms with Crippen LogP contribution < -0.4 is 14.4 Å². The van der Waals surface area contributed by atoms with Crippen LogP contribution in [0, 0.1) is 10.1 Å². The Kier molecular flexibility index (Phi) is 7.03. The van der Waals surface area contributed by atoms with E-state index < -0.39 is 20.0 Å². The van der Waals surface area contributed by atoms with E-state index in [9.17, 15) is 18.5 Å². The Morgan fingerprint density at radius 2 is 1.85 bits per heavy atom. The summed E-state index contributed by atoms with van der Waals surface area (Å²) in [5, 5.41) is 13.3. The number of sulfone groups is 1. The number of rotatable bonds is 8. The number of hydrogen-bond donors (Lipinski definition) is 0. The van der Waals surface area contributed by atoms with Gasteiger partial charge in [0.25, 0.3) is 5.69 Å². The fourth-order valence-corrected chi connectivity index (χ4v) is 6.70. The Labute approximate surface area is 202 Å². The van der Waals surface area contributed by atoms with Gasteiger partial charge in [0.15, 0.2) is 26.5 Å². The third-order valence-corrected chi connectivity index (χ3v) is 9.09. The number of hydrogen-bond acceptors (Lipinski definition) is 9. The first-order chi connectivity index (χ1) is 16.3. The van der Waals surface area contributed by atoms with E-state index in [1.165, 1.54) is 29.5 Å². The standard InChI is InChI=1S/C23H25N3O6S2/c1-31-21-7-6-16(13-22(21)32-2)12-17-15-33-23(24-17)25-10-8-19(9-11-25)34(29,30)20-5-3-4-18(14-20)26(27)28/h3-7,13-15,19H,8-12H2,1-2H3. The van der Waals surface area contributed by atoms with Gasteiger partial charge in [0.1, 0.15) is 0 Å². The summed E-state index contributed by atoms with van der Waals surface area (Å²) in [5.74, 6) is 1.34. The lowest BCUT2D eigenvalue weighted by atomic mass is 10.1. The second kappa shape index (κ2) is 9.98. The Bertz CT molecular complexity index is 1280. The minimum atomic E-state index is -3.64. The highest BCUT2D eigenvalue weighted by Crippen LogP contribution is 2.32. The highest BCUT2D eigenvalue weighted by molar-refractivity contribution is 7.92. The molecule has 1 aliphatic heterocycles. The molecule has 0 amide bonds. The van der Waals surface area contributed by atoms with Crippen molar-refractivity contribution in [2.24, 2.45) is 0 Å². The maximum atomic E-state index is 13.0. The Morgan fingerprint density at radius 3 is 2.53 bits per heavy atom. The zero-order valence-corrected chi connectivity index (χ0v) is 20.5. The van der Waals surface area contributed by atoms with Gasteiger partial charge in [0.2, 0.25) is 0 Å². The number of methoxy groups -OCH3 is 2. The molecule has 11 heteroatoms. The fourth-order valence-electron chi connectivity index (χ4n) is 4.05. The molecule has 9 nitrogen and oxygen atoms in total. The van der Waals surface area contributed by atoms with E-state index in [2.05, 4.69) is 4.90 Å². The van der Waals surface area contributed by atoms with E-state index in [1.807, 2.05) is 23.6 Å². The molecule has 1 fully saturated rings. The van der Waals surface area contributed by atoms with Gasteiger partial charge in [-0.1, -0.05) is 12.1 Å². The van der Waals surface area contributed by atoms with Gasteiger partial charge in [-0.25, -0.2) is 13.4 Å². The Morgan fingerprint density at radius 1 is 1.12 bits per heavy atom. The molecule has 3 aromatic rings. The number of nitro benzene ring substituents is 1. The number of thiazole rings is 1. The minimum Gasteiger partial charge on any atom is -0.493 e. The van der Waals surface area contributed by atoms with E-state index in [-0.39, 0.29) is 10.6 Å². The van der Waals surface area contributed by atoms with Crippen LogP contribution in [0.15, 0.2) is 52.7 Å². The summed E-state index contributed by atoms with van der Waals surface area (Å²) >= 11 is 1.54. The third-order valence-electron chi connectivity index (χ3n) is 5.88. The van der Waals surface area contributed by atoms with E-state index in [0.29, 0.717) is 43.9 Å². The smallest absolute Gasteiger partial charge is 0.270 e. The largest absolute Gasteiger partial charge is 0.493 e. The molecule has 0 radical (unpaired) electrons. The van der Waals surface area contributed by atoms with Crippen LogP contribution in [0.3, 0.4) is 0 Å². The van der Waals surface area contributed by atoms with Crippen molar-refractivity contribution in [1.29, 1.82) is 0 Å². The van der Waals surface area contributed by atoms with Crippen molar-refractivity contribution in [3.05, 3.63) is 69.2 Å². The van der Waals surface area contributed by atoms with Crippen LogP contribution in [0.1, 0.15) is 24.1 Å². The molecule has 0 atom stereocenters. The molecular formula is C23H25N3O6S2. The summed E-state index contributed by atoms with van der Waals surface area (Å²) in [6, 6.07) is 11.1. The molecule has 4 rings (SSSR count). The highest BCUT2D eigenvalue weighted by Gasteiger charge is 2.32. The van der Waals surface area contributed by atoms with Gasteiger partial charge in [-0.15, -0.1) is 11.3 Å². The molecule has 0 N–H and O–H groups in total. The Balaban J connectivity index is 1.40. The Hall–Kier alpha value is -3.18. The number of non-ortho nitro benzene ring substituents is 1. The van der Waals surface area contributed by atoms with Gasteiger partial charge in [-0.3, -0.25) is 10.1 Å². The van der Waals surface area contributed by atoms with E-state index in [4.69, 9.17) is 14.5 Å². The van der Waals surface area contributed by atoms with Gasteiger partial charge in [0, 0.05) is 37.0 Å². The maximum Gasteiger partial charge on any atom is 0.270 e. The number of nitrogens with zero attached hydrogens (tertiary/aromatic N) is 3. The van der Waals surface area contributed by atoms with Crippen molar-refractivity contribution in [3.8, 4) is 11.5 Å². The summed E-state index contributed by atoms with van der Waals surface area (Å²) in [7, 11) is -0.440. The fraction of sp³-hybridized carbons (Fsp3) is 0.348. The molecule has 0 aliphatic carbocycles. The molecule has 0 spiro atoms. The maximum absolute atomic E-state index is 13.0. The van der Waals surface area contributed by atoms with Crippen LogP contribution in [-0.2, 0) is 16.3 Å². The van der Waals surface area contributed by atoms with Crippen LogP contribution in [0.2, 0.25) is 0 Å². The molecule has 2 aromatic carbocycles. The predicted molar refractivity (Wildman–Crippen MR) is 130 cm³/mol. The summed E-state index contributed by atoms with van der Waals surface area (Å²) in [6.45, 7) is 1.12. The topological polar surface area (TPSA) is 112 Å². The number of piperidine rings is 1. The van der Waals surface area contributed by atoms with Crippen molar-refractivity contribution in [3.63, 3.8) is 0 Å². The van der Waals surface area contributed by atoms with Crippen LogP contribution in [0.5, 0.6) is 11.5 Å². The first-order valence-electron chi connectivity index (χ1n) is 10.7. The lowest BCUT2D eigenvalue weighted by molar-refractivity contribution is -0.385. The average molecular weight is 504 g/mol. The third kappa shape index (κ3) is 5.00. The highest BCUT2D eigenvalue weighted by atomic mass is 32.2. The van der Waals surface area contributed by atoms with Gasteiger partial charge in [0.05, 0.1) is 35.0 Å². The molecule has 180 valence electrons. The molecule has 1 saturated heterocycles. The first kappa shape index (κ1) is 24.0. The van der Waals surface area contributed by atoms with E-state index in [0.717, 1.165) is 22.5 Å². The number of anilines is 1. The lowest BCUT2D eigenvalue weighted by Gasteiger charge is -2.31. The van der Waals surface area contributed by atoms with Crippen molar-refractivity contribution in [1.82, 2.24) is 4.98 Å². The summed E-state index contributed by atoms with van der Waals surface area (Å²) in [4.78, 5) is 17.3. The number of benzene rings is 2. The molecule has 34 heavy (non-hydrogen) atoms. The van der Waals surface area contributed by atoms with Crippen molar-refractivity contribution < 1.29 is 22.8 Å². The van der Waals surface area contributed by atoms with Crippen LogP contribution in [-0.4, -0.2) is 50.9 Å². The normalized spacial score (nSPS) is 14.7. The molecule has 0 saturated carbocycles. The average Bonchev–Trinajstić information content (AvgIpc) is 3.32. The number of aromatic nitrogens is 1. The number of nitro groups is 1. The van der Waals surface area contributed by atoms with Gasteiger partial charge in [-0.05, 0) is 36.6 Å².